The minimum Gasteiger partial charge on any atom is -0.385 e. The molecule has 0 aliphatic rings. The Bertz CT molecular complexity index is 802. The number of nitrogens with zero attached hydrogens (tertiary/aromatic N) is 4. The summed E-state index contributed by atoms with van der Waals surface area (Å²) in [5.74, 6) is 0. The molecule has 25 heavy (non-hydrogen) atoms. The predicted molar refractivity (Wildman–Crippen MR) is 96.0 cm³/mol. The van der Waals surface area contributed by atoms with Crippen LogP contribution in [0, 0.1) is 6.92 Å². The van der Waals surface area contributed by atoms with Crippen LogP contribution in [0.1, 0.15) is 23.4 Å². The normalized spacial score (nSPS) is 12.0. The molecule has 0 saturated heterocycles. The predicted octanol–water partition coefficient (Wildman–Crippen LogP) is 1.66. The van der Waals surface area contributed by atoms with E-state index in [0.717, 1.165) is 23.4 Å². The lowest BCUT2D eigenvalue weighted by molar-refractivity contribution is 0.188. The summed E-state index contributed by atoms with van der Waals surface area (Å²) < 4.78 is 30.8. The average Bonchev–Trinajstić information content (AvgIpc) is 2.93. The zero-order valence-electron chi connectivity index (χ0n) is 15.3. The molecule has 2 aromatic heterocycles. The summed E-state index contributed by atoms with van der Waals surface area (Å²) in [5.41, 5.74) is 3.02. The van der Waals surface area contributed by atoms with E-state index in [4.69, 9.17) is 4.74 Å². The summed E-state index contributed by atoms with van der Waals surface area (Å²) in [6.07, 6.45) is 5.34. The molecule has 0 N–H and O–H groups in total. The number of ether oxygens (including phenoxy) is 1. The third kappa shape index (κ3) is 5.35. The van der Waals surface area contributed by atoms with Crippen molar-refractivity contribution >= 4 is 9.84 Å². The van der Waals surface area contributed by atoms with Crippen molar-refractivity contribution in [3.8, 4) is 0 Å². The summed E-state index contributed by atoms with van der Waals surface area (Å²) >= 11 is 0. The number of pyridine rings is 1. The van der Waals surface area contributed by atoms with Crippen LogP contribution >= 0.6 is 0 Å². The van der Waals surface area contributed by atoms with Gasteiger partial charge in [-0.25, -0.2) is 13.4 Å². The number of imidazole rings is 1. The van der Waals surface area contributed by atoms with E-state index in [0.29, 0.717) is 26.2 Å². The van der Waals surface area contributed by atoms with Crippen LogP contribution in [0.3, 0.4) is 0 Å². The molecule has 2 heterocycles. The fourth-order valence-corrected chi connectivity index (χ4v) is 3.55. The van der Waals surface area contributed by atoms with Crippen molar-refractivity contribution in [2.45, 2.75) is 38.1 Å². The molecule has 7 nitrogen and oxygen atoms in total. The minimum absolute atomic E-state index is 0.112. The van der Waals surface area contributed by atoms with E-state index in [2.05, 4.69) is 14.9 Å². The summed E-state index contributed by atoms with van der Waals surface area (Å²) in [7, 11) is 0.250. The Kier molecular flexibility index (Phi) is 6.69. The molecular weight excluding hydrogens is 340 g/mol. The number of aromatic nitrogens is 3. The minimum atomic E-state index is -3.37. The van der Waals surface area contributed by atoms with Crippen molar-refractivity contribution < 1.29 is 13.2 Å². The lowest BCUT2D eigenvalue weighted by atomic mass is 10.2. The molecule has 2 rings (SSSR count). The highest BCUT2D eigenvalue weighted by Gasteiger charge is 2.19. The van der Waals surface area contributed by atoms with Crippen LogP contribution in [0.4, 0.5) is 0 Å². The van der Waals surface area contributed by atoms with Crippen molar-refractivity contribution in [1.82, 2.24) is 19.4 Å². The Labute approximate surface area is 149 Å². The Morgan fingerprint density at radius 1 is 1.28 bits per heavy atom. The van der Waals surface area contributed by atoms with Crippen molar-refractivity contribution in [2.24, 2.45) is 0 Å². The summed E-state index contributed by atoms with van der Waals surface area (Å²) in [5, 5.41) is 0.112. The molecule has 0 atom stereocenters. The molecular formula is C17H26N4O3S. The topological polar surface area (TPSA) is 77.3 Å². The number of hydrogen-bond acceptors (Lipinski definition) is 6. The Hall–Kier alpha value is -1.77. The SMILES string of the molecule is COCCCn1c(CN(C)Cc2ncccc2C)cnc1S(C)(=O)=O. The summed E-state index contributed by atoms with van der Waals surface area (Å²) in [6, 6.07) is 3.95. The van der Waals surface area contributed by atoms with Crippen LogP contribution in [0.2, 0.25) is 0 Å². The fraction of sp³-hybridized carbons (Fsp3) is 0.529. The molecule has 0 radical (unpaired) electrons. The smallest absolute Gasteiger partial charge is 0.227 e. The van der Waals surface area contributed by atoms with Gasteiger partial charge in [0.05, 0.1) is 17.6 Å². The molecule has 0 amide bonds. The van der Waals surface area contributed by atoms with E-state index >= 15 is 0 Å². The van der Waals surface area contributed by atoms with Crippen molar-refractivity contribution in [3.05, 3.63) is 41.5 Å². The first-order valence-electron chi connectivity index (χ1n) is 8.15. The van der Waals surface area contributed by atoms with Gasteiger partial charge in [0.2, 0.25) is 15.0 Å². The molecule has 0 saturated carbocycles. The largest absolute Gasteiger partial charge is 0.385 e. The van der Waals surface area contributed by atoms with Crippen LogP contribution in [-0.4, -0.2) is 54.9 Å². The summed E-state index contributed by atoms with van der Waals surface area (Å²) in [6.45, 7) is 4.44. The van der Waals surface area contributed by atoms with Crippen molar-refractivity contribution in [2.75, 3.05) is 27.0 Å². The number of methoxy groups -OCH3 is 1. The van der Waals surface area contributed by atoms with Gasteiger partial charge >= 0.3 is 0 Å². The molecule has 0 spiro atoms. The zero-order chi connectivity index (χ0) is 18.4. The fourth-order valence-electron chi connectivity index (χ4n) is 2.69. The third-order valence-electron chi connectivity index (χ3n) is 3.93. The first-order chi connectivity index (χ1) is 11.8. The lowest BCUT2D eigenvalue weighted by Crippen LogP contribution is -2.22. The maximum Gasteiger partial charge on any atom is 0.227 e. The molecule has 0 unspecified atom stereocenters. The number of aryl methyl sites for hydroxylation is 1. The van der Waals surface area contributed by atoms with Crippen molar-refractivity contribution in [3.63, 3.8) is 0 Å². The third-order valence-corrected chi connectivity index (χ3v) is 4.92. The molecule has 2 aromatic rings. The van der Waals surface area contributed by atoms with Gasteiger partial charge in [-0.05, 0) is 32.0 Å². The molecule has 0 aliphatic heterocycles. The quantitative estimate of drug-likeness (QED) is 0.628. The van der Waals surface area contributed by atoms with E-state index in [9.17, 15) is 8.42 Å². The van der Waals surface area contributed by atoms with Gasteiger partial charge in [-0.2, -0.15) is 0 Å². The van der Waals surface area contributed by atoms with Crippen LogP contribution in [0.25, 0.3) is 0 Å². The number of sulfone groups is 1. The van der Waals surface area contributed by atoms with Gasteiger partial charge in [-0.1, -0.05) is 6.07 Å². The molecule has 138 valence electrons. The van der Waals surface area contributed by atoms with Gasteiger partial charge in [0.1, 0.15) is 0 Å². The highest BCUT2D eigenvalue weighted by molar-refractivity contribution is 7.90. The van der Waals surface area contributed by atoms with Crippen molar-refractivity contribution in [1.29, 1.82) is 0 Å². The number of hydrogen-bond donors (Lipinski definition) is 0. The second-order valence-corrected chi connectivity index (χ2v) is 8.15. The van der Waals surface area contributed by atoms with E-state index in [1.165, 1.54) is 6.26 Å². The molecule has 8 heteroatoms. The standard InChI is InChI=1S/C17H26N4O3S/c1-14-7-5-8-18-16(14)13-20(2)12-15-11-19-17(25(4,22)23)21(15)9-6-10-24-3/h5,7-8,11H,6,9-10,12-13H2,1-4H3. The Morgan fingerprint density at radius 2 is 2.04 bits per heavy atom. The molecule has 0 aliphatic carbocycles. The van der Waals surface area contributed by atoms with Gasteiger partial charge in [-0.15, -0.1) is 0 Å². The Balaban J connectivity index is 2.17. The Morgan fingerprint density at radius 3 is 2.68 bits per heavy atom. The molecule has 0 bridgehead atoms. The maximum atomic E-state index is 12.0. The van der Waals surface area contributed by atoms with Crippen LogP contribution in [-0.2, 0) is 34.2 Å². The highest BCUT2D eigenvalue weighted by atomic mass is 32.2. The first kappa shape index (κ1) is 19.6. The molecule has 0 aromatic carbocycles. The average molecular weight is 366 g/mol. The maximum absolute atomic E-state index is 12.0. The second-order valence-electron chi connectivity index (χ2n) is 6.24. The van der Waals surface area contributed by atoms with E-state index in [1.807, 2.05) is 26.1 Å². The van der Waals surface area contributed by atoms with Gasteiger partial charge < -0.3 is 9.30 Å². The van der Waals surface area contributed by atoms with Gasteiger partial charge in [0, 0.05) is 45.8 Å². The van der Waals surface area contributed by atoms with Gasteiger partial charge in [0.25, 0.3) is 0 Å². The van der Waals surface area contributed by atoms with Crippen LogP contribution in [0.15, 0.2) is 29.7 Å². The summed E-state index contributed by atoms with van der Waals surface area (Å²) in [4.78, 5) is 10.6. The highest BCUT2D eigenvalue weighted by Crippen LogP contribution is 2.15. The van der Waals surface area contributed by atoms with Gasteiger partial charge in [-0.3, -0.25) is 9.88 Å². The van der Waals surface area contributed by atoms with E-state index in [1.54, 1.807) is 24.1 Å². The van der Waals surface area contributed by atoms with E-state index < -0.39 is 9.84 Å². The van der Waals surface area contributed by atoms with Crippen LogP contribution < -0.4 is 0 Å². The lowest BCUT2D eigenvalue weighted by Gasteiger charge is -2.19. The molecule has 0 fully saturated rings. The van der Waals surface area contributed by atoms with Crippen LogP contribution in [0.5, 0.6) is 0 Å². The second kappa shape index (κ2) is 8.55. The van der Waals surface area contributed by atoms with Gasteiger partial charge in [0.15, 0.2) is 0 Å². The monoisotopic (exact) mass is 366 g/mol. The first-order valence-corrected chi connectivity index (χ1v) is 10.0. The number of rotatable bonds is 9. The zero-order valence-corrected chi connectivity index (χ0v) is 16.1. The van der Waals surface area contributed by atoms with E-state index in [-0.39, 0.29) is 5.16 Å².